The Kier molecular flexibility index (Phi) is 6.90. The largest absolute Gasteiger partial charge is 0.319 e. The molecule has 166 valence electrons. The molecule has 3 aromatic carbocycles. The van der Waals surface area contributed by atoms with Crippen LogP contribution in [0.4, 0.5) is 24.5 Å². The summed E-state index contributed by atoms with van der Waals surface area (Å²) in [5.74, 6) is -5.63. The Morgan fingerprint density at radius 1 is 1.03 bits per heavy atom. The van der Waals surface area contributed by atoms with Gasteiger partial charge in [-0.15, -0.1) is 6.58 Å². The first-order valence-electron chi connectivity index (χ1n) is 9.10. The third-order valence-corrected chi connectivity index (χ3v) is 6.48. The molecular weight excluding hydrogens is 465 g/mol. The Morgan fingerprint density at radius 2 is 1.75 bits per heavy atom. The fraction of sp³-hybridized carbons (Fsp3) is 0.0455. The van der Waals surface area contributed by atoms with Gasteiger partial charge in [-0.1, -0.05) is 35.9 Å². The topological polar surface area (TPSA) is 66.5 Å². The zero-order valence-electron chi connectivity index (χ0n) is 16.4. The molecule has 10 heteroatoms. The molecule has 1 amide bonds. The van der Waals surface area contributed by atoms with Crippen molar-refractivity contribution in [2.75, 3.05) is 16.2 Å². The average molecular weight is 481 g/mol. The van der Waals surface area contributed by atoms with Crippen LogP contribution in [0.3, 0.4) is 0 Å². The maximum Gasteiger partial charge on any atom is 0.264 e. The maximum atomic E-state index is 13.9. The molecule has 0 bridgehead atoms. The summed E-state index contributed by atoms with van der Waals surface area (Å²) < 4.78 is 68.0. The van der Waals surface area contributed by atoms with Gasteiger partial charge in [0.2, 0.25) is 0 Å². The van der Waals surface area contributed by atoms with Crippen LogP contribution >= 0.6 is 11.6 Å². The second-order valence-corrected chi connectivity index (χ2v) is 8.75. The second-order valence-electron chi connectivity index (χ2n) is 6.48. The van der Waals surface area contributed by atoms with Gasteiger partial charge in [-0.3, -0.25) is 9.10 Å². The number of hydrogen-bond donors (Lipinski definition) is 1. The smallest absolute Gasteiger partial charge is 0.264 e. The number of amides is 1. The van der Waals surface area contributed by atoms with Gasteiger partial charge in [-0.25, -0.2) is 21.6 Å². The normalized spacial score (nSPS) is 11.1. The van der Waals surface area contributed by atoms with E-state index >= 15 is 0 Å². The number of halogens is 4. The number of benzene rings is 3. The van der Waals surface area contributed by atoms with Gasteiger partial charge in [0.1, 0.15) is 0 Å². The molecule has 0 aromatic heterocycles. The Morgan fingerprint density at radius 3 is 2.44 bits per heavy atom. The number of para-hydroxylation sites is 1. The number of sulfonamides is 1. The van der Waals surface area contributed by atoms with Crippen molar-refractivity contribution in [3.05, 3.63) is 101 Å². The summed E-state index contributed by atoms with van der Waals surface area (Å²) in [6, 6.07) is 12.8. The molecule has 5 nitrogen and oxygen atoms in total. The number of hydrogen-bond acceptors (Lipinski definition) is 3. The van der Waals surface area contributed by atoms with Crippen molar-refractivity contribution in [1.82, 2.24) is 0 Å². The molecule has 0 radical (unpaired) electrons. The third-order valence-electron chi connectivity index (χ3n) is 4.38. The molecule has 1 N–H and O–H groups in total. The predicted octanol–water partition coefficient (Wildman–Crippen LogP) is 5.39. The lowest BCUT2D eigenvalue weighted by Crippen LogP contribution is -2.31. The Hall–Kier alpha value is -3.30. The highest BCUT2D eigenvalue weighted by Crippen LogP contribution is 2.30. The standard InChI is InChI=1S/C22H16ClF3N2O3S/c1-2-12-28(19-9-4-3-8-16(19)23)32(30,31)15-7-5-6-14(13-15)22(29)27-18-11-10-17(24)20(25)21(18)26/h2-11,13H,1,12H2,(H,27,29). The van der Waals surface area contributed by atoms with Crippen LogP contribution in [0.2, 0.25) is 5.02 Å². The molecule has 0 unspecified atom stereocenters. The number of nitrogens with one attached hydrogen (secondary N) is 1. The molecule has 0 atom stereocenters. The van der Waals surface area contributed by atoms with Crippen molar-refractivity contribution in [2.45, 2.75) is 4.90 Å². The Balaban J connectivity index is 1.96. The van der Waals surface area contributed by atoms with E-state index in [1.165, 1.54) is 36.4 Å². The molecule has 32 heavy (non-hydrogen) atoms. The summed E-state index contributed by atoms with van der Waals surface area (Å²) >= 11 is 6.16. The van der Waals surface area contributed by atoms with E-state index in [1.807, 2.05) is 0 Å². The first-order chi connectivity index (χ1) is 15.2. The van der Waals surface area contributed by atoms with Crippen molar-refractivity contribution < 1.29 is 26.4 Å². The van der Waals surface area contributed by atoms with Crippen LogP contribution in [0.5, 0.6) is 0 Å². The molecule has 0 saturated heterocycles. The lowest BCUT2D eigenvalue weighted by atomic mass is 10.2. The molecule has 0 heterocycles. The summed E-state index contributed by atoms with van der Waals surface area (Å²) in [6.07, 6.45) is 1.38. The van der Waals surface area contributed by atoms with Gasteiger partial charge in [-0.05, 0) is 42.5 Å². The summed E-state index contributed by atoms with van der Waals surface area (Å²) in [6.45, 7) is 3.48. The minimum absolute atomic E-state index is 0.0947. The second kappa shape index (κ2) is 9.46. The van der Waals surface area contributed by atoms with E-state index in [0.717, 1.165) is 16.4 Å². The first-order valence-corrected chi connectivity index (χ1v) is 10.9. The number of anilines is 2. The predicted molar refractivity (Wildman–Crippen MR) is 117 cm³/mol. The van der Waals surface area contributed by atoms with Crippen LogP contribution in [-0.4, -0.2) is 20.9 Å². The molecular formula is C22H16ClF3N2O3S. The van der Waals surface area contributed by atoms with Crippen LogP contribution in [0.1, 0.15) is 10.4 Å². The summed E-state index contributed by atoms with van der Waals surface area (Å²) in [7, 11) is -4.17. The van der Waals surface area contributed by atoms with Crippen LogP contribution < -0.4 is 9.62 Å². The minimum Gasteiger partial charge on any atom is -0.319 e. The summed E-state index contributed by atoms with van der Waals surface area (Å²) in [4.78, 5) is 12.3. The van der Waals surface area contributed by atoms with E-state index in [-0.39, 0.29) is 27.7 Å². The van der Waals surface area contributed by atoms with Gasteiger partial charge in [0, 0.05) is 5.56 Å². The SMILES string of the molecule is C=CCN(c1ccccc1Cl)S(=O)(=O)c1cccc(C(=O)Nc2ccc(F)c(F)c2F)c1. The van der Waals surface area contributed by atoms with Crippen molar-refractivity contribution >= 4 is 38.9 Å². The average Bonchev–Trinajstić information content (AvgIpc) is 2.78. The first kappa shape index (κ1) is 23.4. The van der Waals surface area contributed by atoms with E-state index in [9.17, 15) is 26.4 Å². The molecule has 3 aromatic rings. The molecule has 0 aliphatic rings. The maximum absolute atomic E-state index is 13.9. The molecule has 3 rings (SSSR count). The Labute approximate surface area is 187 Å². The van der Waals surface area contributed by atoms with Gasteiger partial charge in [-0.2, -0.15) is 0 Å². The number of rotatable bonds is 7. The van der Waals surface area contributed by atoms with Crippen LogP contribution in [-0.2, 0) is 10.0 Å². The van der Waals surface area contributed by atoms with Gasteiger partial charge in [0.15, 0.2) is 17.5 Å². The quantitative estimate of drug-likeness (QED) is 0.364. The highest BCUT2D eigenvalue weighted by atomic mass is 35.5. The number of carbonyl (C=O) groups excluding carboxylic acids is 1. The number of nitrogens with zero attached hydrogens (tertiary/aromatic N) is 1. The molecule has 0 fully saturated rings. The highest BCUT2D eigenvalue weighted by Gasteiger charge is 2.26. The zero-order valence-corrected chi connectivity index (χ0v) is 17.9. The van der Waals surface area contributed by atoms with Crippen LogP contribution in [0.15, 0.2) is 78.2 Å². The lowest BCUT2D eigenvalue weighted by Gasteiger charge is -2.24. The fourth-order valence-electron chi connectivity index (χ4n) is 2.84. The number of carbonyl (C=O) groups is 1. The van der Waals surface area contributed by atoms with E-state index in [2.05, 4.69) is 11.9 Å². The molecule has 0 saturated carbocycles. The monoisotopic (exact) mass is 480 g/mol. The van der Waals surface area contributed by atoms with Crippen molar-refractivity contribution in [3.8, 4) is 0 Å². The summed E-state index contributed by atoms with van der Waals surface area (Å²) in [5, 5.41) is 2.30. The molecule has 0 aliphatic heterocycles. The lowest BCUT2D eigenvalue weighted by molar-refractivity contribution is 0.102. The van der Waals surface area contributed by atoms with Crippen molar-refractivity contribution in [1.29, 1.82) is 0 Å². The Bertz CT molecular complexity index is 1300. The van der Waals surface area contributed by atoms with E-state index in [0.29, 0.717) is 6.07 Å². The third kappa shape index (κ3) is 4.63. The van der Waals surface area contributed by atoms with E-state index in [1.54, 1.807) is 12.1 Å². The van der Waals surface area contributed by atoms with Gasteiger partial charge in [0.05, 0.1) is 27.8 Å². The van der Waals surface area contributed by atoms with Gasteiger partial charge < -0.3 is 5.32 Å². The zero-order chi connectivity index (χ0) is 23.5. The van der Waals surface area contributed by atoms with Crippen molar-refractivity contribution in [3.63, 3.8) is 0 Å². The highest BCUT2D eigenvalue weighted by molar-refractivity contribution is 7.92. The van der Waals surface area contributed by atoms with E-state index in [4.69, 9.17) is 11.6 Å². The van der Waals surface area contributed by atoms with Crippen LogP contribution in [0, 0.1) is 17.5 Å². The van der Waals surface area contributed by atoms with Crippen molar-refractivity contribution in [2.24, 2.45) is 0 Å². The van der Waals surface area contributed by atoms with Gasteiger partial charge >= 0.3 is 0 Å². The fourth-order valence-corrected chi connectivity index (χ4v) is 4.63. The van der Waals surface area contributed by atoms with Crippen LogP contribution in [0.25, 0.3) is 0 Å². The molecule has 0 spiro atoms. The summed E-state index contributed by atoms with van der Waals surface area (Å²) in [5.41, 5.74) is -0.521. The minimum atomic E-state index is -4.17. The molecule has 0 aliphatic carbocycles. The van der Waals surface area contributed by atoms with E-state index < -0.39 is 39.1 Å². The van der Waals surface area contributed by atoms with Gasteiger partial charge in [0.25, 0.3) is 15.9 Å².